The summed E-state index contributed by atoms with van der Waals surface area (Å²) in [5, 5.41) is 5.44. The van der Waals surface area contributed by atoms with Crippen molar-refractivity contribution in [1.82, 2.24) is 19.7 Å². The molecule has 0 saturated heterocycles. The Morgan fingerprint density at radius 2 is 2.00 bits per heavy atom. The van der Waals surface area contributed by atoms with E-state index in [9.17, 15) is 4.79 Å². The van der Waals surface area contributed by atoms with Crippen molar-refractivity contribution < 1.29 is 11.9 Å². The molecule has 0 spiro atoms. The van der Waals surface area contributed by atoms with E-state index in [1.807, 2.05) is 38.4 Å². The highest BCUT2D eigenvalue weighted by Crippen LogP contribution is 2.33. The molecule has 1 amide bonds. The Labute approximate surface area is 176 Å². The van der Waals surface area contributed by atoms with E-state index in [0.717, 1.165) is 26.9 Å². The van der Waals surface area contributed by atoms with Crippen molar-refractivity contribution in [2.45, 2.75) is 26.9 Å². The maximum atomic E-state index is 15.3. The zero-order valence-electron chi connectivity index (χ0n) is 18.9. The van der Waals surface area contributed by atoms with E-state index in [2.05, 4.69) is 10.1 Å². The fraction of sp³-hybridized carbons (Fsp3) is 0.208. The van der Waals surface area contributed by atoms with Crippen molar-refractivity contribution in [3.63, 3.8) is 0 Å². The summed E-state index contributed by atoms with van der Waals surface area (Å²) in [7, 11) is 1.85. The van der Waals surface area contributed by atoms with Crippen molar-refractivity contribution in [3.05, 3.63) is 82.6 Å². The second-order valence-electron chi connectivity index (χ2n) is 7.65. The molecule has 0 unspecified atom stereocenters. The molecule has 150 valence electrons. The van der Waals surface area contributed by atoms with E-state index >= 15 is 4.39 Å². The highest BCUT2D eigenvalue weighted by Gasteiger charge is 2.29. The van der Waals surface area contributed by atoms with E-state index in [4.69, 9.17) is 2.74 Å². The molecular formula is C24H21FN4O. The van der Waals surface area contributed by atoms with Gasteiger partial charge in [0, 0.05) is 36.9 Å². The molecule has 0 fully saturated rings. The fourth-order valence-corrected chi connectivity index (χ4v) is 4.00. The van der Waals surface area contributed by atoms with Gasteiger partial charge in [-0.1, -0.05) is 18.2 Å². The highest BCUT2D eigenvalue weighted by atomic mass is 19.1. The van der Waals surface area contributed by atoms with Gasteiger partial charge in [-0.2, -0.15) is 5.10 Å². The molecule has 5 rings (SSSR count). The molecule has 2 aromatic heterocycles. The van der Waals surface area contributed by atoms with E-state index in [1.54, 1.807) is 23.7 Å². The van der Waals surface area contributed by atoms with Gasteiger partial charge in [0.15, 0.2) is 0 Å². The van der Waals surface area contributed by atoms with E-state index in [1.165, 1.54) is 12.3 Å². The number of aryl methyl sites for hydroxylation is 3. The SMILES string of the molecule is [2H]C1([2H])c2ncccc2C(=O)N1Cc1c(C)cc(-c2ccc(C)c3nn(C)cc23)cc1F. The number of nitrogens with zero attached hydrogens (tertiary/aromatic N) is 4. The maximum Gasteiger partial charge on any atom is 0.256 e. The second kappa shape index (κ2) is 6.76. The quantitative estimate of drug-likeness (QED) is 0.505. The molecule has 2 aromatic carbocycles. The van der Waals surface area contributed by atoms with Crippen LogP contribution in [-0.2, 0) is 20.1 Å². The van der Waals surface area contributed by atoms with Crippen LogP contribution in [0.2, 0.25) is 0 Å². The Hall–Kier alpha value is -3.54. The second-order valence-corrected chi connectivity index (χ2v) is 7.65. The largest absolute Gasteiger partial charge is 0.328 e. The zero-order chi connectivity index (χ0) is 22.8. The third-order valence-electron chi connectivity index (χ3n) is 5.56. The topological polar surface area (TPSA) is 51.0 Å². The number of aromatic nitrogens is 3. The summed E-state index contributed by atoms with van der Waals surface area (Å²) >= 11 is 0. The van der Waals surface area contributed by atoms with Crippen LogP contribution in [0.15, 0.2) is 48.8 Å². The number of carbonyl (C=O) groups is 1. The fourth-order valence-electron chi connectivity index (χ4n) is 4.00. The minimum atomic E-state index is -2.11. The van der Waals surface area contributed by atoms with Gasteiger partial charge < -0.3 is 4.90 Å². The summed E-state index contributed by atoms with van der Waals surface area (Å²) in [6.07, 6.45) is 3.37. The highest BCUT2D eigenvalue weighted by molar-refractivity contribution is 5.98. The van der Waals surface area contributed by atoms with Crippen molar-refractivity contribution >= 4 is 16.8 Å². The van der Waals surface area contributed by atoms with Crippen LogP contribution in [0.1, 0.15) is 35.5 Å². The van der Waals surface area contributed by atoms with Gasteiger partial charge in [-0.3, -0.25) is 14.5 Å². The summed E-state index contributed by atoms with van der Waals surface area (Å²) < 4.78 is 33.9. The van der Waals surface area contributed by atoms with Crippen LogP contribution in [0.5, 0.6) is 0 Å². The Morgan fingerprint density at radius 3 is 2.77 bits per heavy atom. The predicted molar refractivity (Wildman–Crippen MR) is 113 cm³/mol. The van der Waals surface area contributed by atoms with Crippen LogP contribution in [0.25, 0.3) is 22.0 Å². The molecule has 5 nitrogen and oxygen atoms in total. The number of pyridine rings is 1. The molecule has 30 heavy (non-hydrogen) atoms. The Kier molecular flexibility index (Phi) is 3.67. The zero-order valence-corrected chi connectivity index (χ0v) is 16.9. The molecular weight excluding hydrogens is 379 g/mol. The minimum Gasteiger partial charge on any atom is -0.328 e. The molecule has 0 bridgehead atoms. The lowest BCUT2D eigenvalue weighted by molar-refractivity contribution is 0.0764. The first-order valence-corrected chi connectivity index (χ1v) is 9.68. The van der Waals surface area contributed by atoms with Gasteiger partial charge in [-0.05, 0) is 54.3 Å². The smallest absolute Gasteiger partial charge is 0.256 e. The van der Waals surface area contributed by atoms with Gasteiger partial charge in [-0.15, -0.1) is 0 Å². The van der Waals surface area contributed by atoms with Crippen molar-refractivity contribution in [3.8, 4) is 11.1 Å². The first-order chi connectivity index (χ1) is 15.2. The Balaban J connectivity index is 1.55. The first-order valence-electron chi connectivity index (χ1n) is 10.7. The van der Waals surface area contributed by atoms with Crippen molar-refractivity contribution in [2.24, 2.45) is 7.05 Å². The molecule has 0 atom stereocenters. The first kappa shape index (κ1) is 16.3. The summed E-state index contributed by atoms with van der Waals surface area (Å²) in [5.74, 6) is -0.971. The van der Waals surface area contributed by atoms with Gasteiger partial charge in [0.25, 0.3) is 5.91 Å². The Morgan fingerprint density at radius 1 is 1.17 bits per heavy atom. The third-order valence-corrected chi connectivity index (χ3v) is 5.56. The normalized spacial score (nSPS) is 16.0. The maximum absolute atomic E-state index is 15.3. The molecule has 4 aromatic rings. The summed E-state index contributed by atoms with van der Waals surface area (Å²) in [6, 6.07) is 10.4. The summed E-state index contributed by atoms with van der Waals surface area (Å²) in [4.78, 5) is 17.9. The molecule has 0 aliphatic carbocycles. The monoisotopic (exact) mass is 402 g/mol. The van der Waals surface area contributed by atoms with Crippen LogP contribution in [0.4, 0.5) is 4.39 Å². The average molecular weight is 402 g/mol. The lowest BCUT2D eigenvalue weighted by atomic mass is 9.96. The van der Waals surface area contributed by atoms with Crippen molar-refractivity contribution in [1.29, 1.82) is 0 Å². The number of carbonyl (C=O) groups excluding carboxylic acids is 1. The van der Waals surface area contributed by atoms with E-state index in [-0.39, 0.29) is 23.4 Å². The van der Waals surface area contributed by atoms with Crippen LogP contribution in [-0.4, -0.2) is 25.6 Å². The van der Waals surface area contributed by atoms with E-state index < -0.39 is 18.2 Å². The number of amides is 1. The van der Waals surface area contributed by atoms with Crippen LogP contribution in [0, 0.1) is 19.7 Å². The molecule has 0 N–H and O–H groups in total. The average Bonchev–Trinajstić information content (AvgIpc) is 3.22. The van der Waals surface area contributed by atoms with Gasteiger partial charge in [-0.25, -0.2) is 4.39 Å². The molecule has 3 heterocycles. The third kappa shape index (κ3) is 2.87. The number of hydrogen-bond acceptors (Lipinski definition) is 3. The molecule has 1 aliphatic rings. The molecule has 6 heteroatoms. The standard InChI is InChI=1S/C24H21FN4O/c1-14-6-7-17(20-11-28(3)27-23(14)20)16-9-15(2)19(21(25)10-16)12-29-13-22-18(24(29)30)5-4-8-26-22/h4-11H,12-13H2,1-3H3/i13D2. The van der Waals surface area contributed by atoms with Crippen molar-refractivity contribution in [2.75, 3.05) is 0 Å². The molecule has 0 radical (unpaired) electrons. The van der Waals surface area contributed by atoms with Crippen LogP contribution in [0.3, 0.4) is 0 Å². The van der Waals surface area contributed by atoms with Crippen LogP contribution < -0.4 is 0 Å². The predicted octanol–water partition coefficient (Wildman–Crippen LogP) is 4.55. The van der Waals surface area contributed by atoms with Gasteiger partial charge >= 0.3 is 0 Å². The van der Waals surface area contributed by atoms with Gasteiger partial charge in [0.05, 0.1) is 26.0 Å². The lowest BCUT2D eigenvalue weighted by Crippen LogP contribution is -2.24. The van der Waals surface area contributed by atoms with Gasteiger partial charge in [0.2, 0.25) is 0 Å². The minimum absolute atomic E-state index is 0.0679. The molecule has 0 saturated carbocycles. The molecule has 1 aliphatic heterocycles. The number of benzene rings is 2. The number of rotatable bonds is 3. The number of hydrogen-bond donors (Lipinski definition) is 0. The Bertz CT molecular complexity index is 1390. The lowest BCUT2D eigenvalue weighted by Gasteiger charge is -2.18. The summed E-state index contributed by atoms with van der Waals surface area (Å²) in [5.41, 5.74) is 4.70. The number of fused-ring (bicyclic) bond motifs is 2. The summed E-state index contributed by atoms with van der Waals surface area (Å²) in [6.45, 7) is 1.47. The number of halogens is 1. The van der Waals surface area contributed by atoms with Gasteiger partial charge in [0.1, 0.15) is 5.82 Å². The van der Waals surface area contributed by atoms with E-state index in [0.29, 0.717) is 11.1 Å². The van der Waals surface area contributed by atoms with Crippen LogP contribution >= 0.6 is 0 Å².